The first-order valence-electron chi connectivity index (χ1n) is 10.1. The maximum absolute atomic E-state index is 6.08. The highest BCUT2D eigenvalue weighted by atomic mass is 35.5. The van der Waals surface area contributed by atoms with Crippen molar-refractivity contribution in [2.75, 3.05) is 11.5 Å². The predicted octanol–water partition coefficient (Wildman–Crippen LogP) is -2.88. The van der Waals surface area contributed by atoms with Crippen LogP contribution >= 0.6 is 0 Å². The van der Waals surface area contributed by atoms with E-state index in [9.17, 15) is 0 Å². The van der Waals surface area contributed by atoms with Gasteiger partial charge >= 0.3 is 23.2 Å². The summed E-state index contributed by atoms with van der Waals surface area (Å²) in [5, 5.41) is 8.19. The van der Waals surface area contributed by atoms with Gasteiger partial charge in [-0.15, -0.1) is 0 Å². The van der Waals surface area contributed by atoms with E-state index in [1.165, 1.54) is 0 Å². The van der Waals surface area contributed by atoms with Gasteiger partial charge in [0.25, 0.3) is 0 Å². The number of unbranched alkanes of at least 4 members (excludes halogenated alkanes) is 4. The van der Waals surface area contributed by atoms with E-state index in [1.54, 1.807) is 0 Å². The molecular formula is C20H30Cl2N6O2. The minimum Gasteiger partial charge on any atom is -1.00 e. The molecule has 2 aromatic heterocycles. The summed E-state index contributed by atoms with van der Waals surface area (Å²) < 4.78 is 14.2. The first-order chi connectivity index (χ1) is 13.7. The van der Waals surface area contributed by atoms with E-state index >= 15 is 0 Å². The molecule has 30 heavy (non-hydrogen) atoms. The molecule has 0 saturated heterocycles. The van der Waals surface area contributed by atoms with Gasteiger partial charge in [-0.2, -0.15) is 0 Å². The smallest absolute Gasteiger partial charge is 0.304 e. The molecule has 0 aliphatic rings. The van der Waals surface area contributed by atoms with Crippen LogP contribution in [0.5, 0.6) is 0 Å². The van der Waals surface area contributed by atoms with Crippen LogP contribution in [0.15, 0.2) is 33.3 Å². The molecule has 10 heteroatoms. The molecule has 3 rings (SSSR count). The molecule has 0 aliphatic heterocycles. The second kappa shape index (κ2) is 12.4. The van der Waals surface area contributed by atoms with Gasteiger partial charge in [-0.1, -0.05) is 32.8 Å². The third kappa shape index (κ3) is 5.86. The van der Waals surface area contributed by atoms with E-state index in [0.29, 0.717) is 11.8 Å². The molecule has 166 valence electrons. The van der Waals surface area contributed by atoms with Crippen LogP contribution in [0.25, 0.3) is 22.5 Å². The number of rotatable bonds is 10. The number of benzene rings is 1. The highest BCUT2D eigenvalue weighted by molar-refractivity contribution is 5.74. The lowest BCUT2D eigenvalue weighted by atomic mass is 10.1. The maximum Gasteiger partial charge on any atom is 0.304 e. The first kappa shape index (κ1) is 25.7. The third-order valence-electron chi connectivity index (χ3n) is 4.81. The van der Waals surface area contributed by atoms with Crippen molar-refractivity contribution in [2.45, 2.75) is 65.5 Å². The fourth-order valence-electron chi connectivity index (χ4n) is 3.33. The molecule has 0 saturated carbocycles. The number of hydrogen-bond donors (Lipinski definition) is 2. The Morgan fingerprint density at radius 2 is 1.20 bits per heavy atom. The fourth-order valence-corrected chi connectivity index (χ4v) is 3.33. The Kier molecular flexibility index (Phi) is 10.6. The average molecular weight is 457 g/mol. The van der Waals surface area contributed by atoms with Crippen LogP contribution in [0.4, 0.5) is 11.8 Å². The van der Waals surface area contributed by atoms with Crippen molar-refractivity contribution in [3.63, 3.8) is 0 Å². The standard InChI is InChI=1S/C20H30N6O2.2ClH/c1-3-5-7-12-25-17(19(21)27-23-25)15-10-9-11-16(14-15)18-20(22)28-24-26(18)13-8-6-4-2;;/h9-11,14H,3-8,12-13,21-22H2,1-2H3;2*1H/q+2;;/p-2. The predicted molar refractivity (Wildman–Crippen MR) is 106 cm³/mol. The van der Waals surface area contributed by atoms with E-state index in [-0.39, 0.29) is 24.8 Å². The molecular weight excluding hydrogens is 427 g/mol. The number of nitrogens with two attached hydrogens (primary N) is 2. The maximum atomic E-state index is 6.08. The molecule has 4 N–H and O–H groups in total. The van der Waals surface area contributed by atoms with E-state index < -0.39 is 0 Å². The van der Waals surface area contributed by atoms with Crippen LogP contribution in [0, 0.1) is 0 Å². The molecule has 0 bridgehead atoms. The van der Waals surface area contributed by atoms with Crippen molar-refractivity contribution in [2.24, 2.45) is 0 Å². The highest BCUT2D eigenvalue weighted by Gasteiger charge is 2.28. The van der Waals surface area contributed by atoms with Gasteiger partial charge < -0.3 is 36.3 Å². The van der Waals surface area contributed by atoms with Gasteiger partial charge in [-0.3, -0.25) is 9.05 Å². The average Bonchev–Trinajstić information content (AvgIpc) is 3.25. The van der Waals surface area contributed by atoms with E-state index in [4.69, 9.17) is 20.5 Å². The van der Waals surface area contributed by atoms with Gasteiger partial charge in [-0.25, -0.2) is 0 Å². The molecule has 0 radical (unpaired) electrons. The Morgan fingerprint density at radius 3 is 1.60 bits per heavy atom. The number of anilines is 2. The molecule has 1 aromatic carbocycles. The number of nitrogens with zero attached hydrogens (tertiary/aromatic N) is 4. The van der Waals surface area contributed by atoms with Gasteiger partial charge in [0, 0.05) is 12.8 Å². The molecule has 0 amide bonds. The van der Waals surface area contributed by atoms with Crippen LogP contribution in [0.2, 0.25) is 0 Å². The molecule has 0 fully saturated rings. The van der Waals surface area contributed by atoms with Gasteiger partial charge in [0.15, 0.2) is 13.1 Å². The van der Waals surface area contributed by atoms with Gasteiger partial charge in [0.1, 0.15) is 0 Å². The lowest BCUT2D eigenvalue weighted by Gasteiger charge is -2.00. The van der Waals surface area contributed by atoms with Crippen LogP contribution in [-0.4, -0.2) is 10.5 Å². The van der Waals surface area contributed by atoms with Crippen LogP contribution in [0.1, 0.15) is 52.4 Å². The Morgan fingerprint density at radius 1 is 0.767 bits per heavy atom. The summed E-state index contributed by atoms with van der Waals surface area (Å²) >= 11 is 0. The number of nitrogen functional groups attached to an aromatic ring is 2. The second-order valence-corrected chi connectivity index (χ2v) is 7.01. The topological polar surface area (TPSA) is 112 Å². The highest BCUT2D eigenvalue weighted by Crippen LogP contribution is 2.28. The molecule has 2 heterocycles. The summed E-state index contributed by atoms with van der Waals surface area (Å²) in [6.07, 6.45) is 6.60. The van der Waals surface area contributed by atoms with Gasteiger partial charge in [-0.05, 0) is 40.4 Å². The summed E-state index contributed by atoms with van der Waals surface area (Å²) in [7, 11) is 0. The van der Waals surface area contributed by atoms with Crippen molar-refractivity contribution in [3.8, 4) is 22.5 Å². The van der Waals surface area contributed by atoms with Gasteiger partial charge in [0.2, 0.25) is 10.5 Å². The van der Waals surface area contributed by atoms with Crippen molar-refractivity contribution in [3.05, 3.63) is 24.3 Å². The number of halogens is 2. The van der Waals surface area contributed by atoms with E-state index in [1.807, 2.05) is 33.6 Å². The first-order valence-corrected chi connectivity index (χ1v) is 10.1. The molecule has 8 nitrogen and oxygen atoms in total. The summed E-state index contributed by atoms with van der Waals surface area (Å²) in [6.45, 7) is 5.87. The van der Waals surface area contributed by atoms with Crippen molar-refractivity contribution < 1.29 is 43.2 Å². The van der Waals surface area contributed by atoms with E-state index in [0.717, 1.165) is 74.1 Å². The zero-order chi connectivity index (χ0) is 19.9. The fraction of sp³-hybridized carbons (Fsp3) is 0.500. The number of aromatic nitrogens is 4. The zero-order valence-electron chi connectivity index (χ0n) is 17.5. The van der Waals surface area contributed by atoms with Crippen molar-refractivity contribution in [1.82, 2.24) is 10.5 Å². The minimum atomic E-state index is 0. The molecule has 0 atom stereocenters. The Labute approximate surface area is 189 Å². The second-order valence-electron chi connectivity index (χ2n) is 7.01. The molecule has 0 spiro atoms. The molecule has 0 unspecified atom stereocenters. The zero-order valence-corrected chi connectivity index (χ0v) is 19.0. The quantitative estimate of drug-likeness (QED) is 0.250. The summed E-state index contributed by atoms with van der Waals surface area (Å²) in [5.41, 5.74) is 15.6. The van der Waals surface area contributed by atoms with Crippen LogP contribution in [-0.2, 0) is 13.1 Å². The van der Waals surface area contributed by atoms with Crippen molar-refractivity contribution in [1.29, 1.82) is 0 Å². The van der Waals surface area contributed by atoms with Crippen LogP contribution < -0.4 is 45.6 Å². The lowest BCUT2D eigenvalue weighted by Crippen LogP contribution is -3.00. The van der Waals surface area contributed by atoms with E-state index in [2.05, 4.69) is 24.4 Å². The third-order valence-corrected chi connectivity index (χ3v) is 4.81. The molecule has 3 aromatic rings. The Bertz CT molecular complexity index is 843. The normalized spacial score (nSPS) is 10.5. The monoisotopic (exact) mass is 456 g/mol. The Hall–Kier alpha value is -2.32. The summed E-state index contributed by atoms with van der Waals surface area (Å²) in [6, 6.07) is 7.98. The summed E-state index contributed by atoms with van der Waals surface area (Å²) in [5.74, 6) is 0.616. The molecule has 0 aliphatic carbocycles. The summed E-state index contributed by atoms with van der Waals surface area (Å²) in [4.78, 5) is 0. The Balaban J connectivity index is 0.00000225. The minimum absolute atomic E-state index is 0. The lowest BCUT2D eigenvalue weighted by molar-refractivity contribution is -0.753. The van der Waals surface area contributed by atoms with Crippen molar-refractivity contribution >= 4 is 11.8 Å². The SMILES string of the molecule is CCCCC[n+]1noc(N)c1-c1cccc(-c2c(N)on[n+]2CCCCC)c1.[Cl-].[Cl-]. The van der Waals surface area contributed by atoms with Gasteiger partial charge in [0.05, 0.1) is 11.1 Å². The number of aryl methyl sites for hydroxylation is 2. The largest absolute Gasteiger partial charge is 1.00 e. The van der Waals surface area contributed by atoms with Crippen LogP contribution in [0.3, 0.4) is 0 Å². The number of hydrogen-bond acceptors (Lipinski definition) is 6.